The fourth-order valence-corrected chi connectivity index (χ4v) is 3.47. The summed E-state index contributed by atoms with van der Waals surface area (Å²) in [6, 6.07) is 9.14. The number of oxime groups is 1. The fourth-order valence-electron chi connectivity index (χ4n) is 3.47. The van der Waals surface area contributed by atoms with Gasteiger partial charge in [0.1, 0.15) is 12.1 Å². The number of nitrogens with one attached hydrogen (secondary N) is 1. The summed E-state index contributed by atoms with van der Waals surface area (Å²) in [5, 5.41) is 16.1. The van der Waals surface area contributed by atoms with Crippen molar-refractivity contribution < 1.29 is 38.5 Å². The second kappa shape index (κ2) is 19.5. The third kappa shape index (κ3) is 11.6. The summed E-state index contributed by atoms with van der Waals surface area (Å²) in [4.78, 5) is 41.6. The quantitative estimate of drug-likeness (QED) is 0.0726. The summed E-state index contributed by atoms with van der Waals surface area (Å²) in [6.07, 6.45) is 1.27. The van der Waals surface area contributed by atoms with Crippen LogP contribution in [0, 0.1) is 5.92 Å². The molecule has 11 heteroatoms. The van der Waals surface area contributed by atoms with Gasteiger partial charge < -0.3 is 35.2 Å². The number of amidine groups is 1. The molecule has 1 amide bonds. The number of aliphatic hydroxyl groups is 1. The summed E-state index contributed by atoms with van der Waals surface area (Å²) >= 11 is 0. The van der Waals surface area contributed by atoms with Crippen molar-refractivity contribution in [2.45, 2.75) is 73.0 Å². The summed E-state index contributed by atoms with van der Waals surface area (Å²) in [7, 11) is 0. The van der Waals surface area contributed by atoms with Crippen LogP contribution >= 0.6 is 0 Å². The molecule has 0 heterocycles. The second-order valence-electron chi connectivity index (χ2n) is 7.61. The molecule has 0 radical (unpaired) electrons. The van der Waals surface area contributed by atoms with Gasteiger partial charge in [-0.2, -0.15) is 0 Å². The fraction of sp³-hybridized carbons (Fsp3) is 0.556. The highest BCUT2D eigenvalue weighted by Crippen LogP contribution is 2.35. The van der Waals surface area contributed by atoms with Crippen LogP contribution in [-0.2, 0) is 35.2 Å². The van der Waals surface area contributed by atoms with Crippen LogP contribution in [0.3, 0.4) is 0 Å². The number of carbonyl (C=O) groups is 3. The van der Waals surface area contributed by atoms with Gasteiger partial charge in [-0.15, -0.1) is 0 Å². The molecular weight excluding hydrogens is 494 g/mol. The number of hydrogen-bond donors (Lipinski definition) is 3. The van der Waals surface area contributed by atoms with Crippen molar-refractivity contribution in [2.24, 2.45) is 16.8 Å². The molecule has 4 N–H and O–H groups in total. The third-order valence-electron chi connectivity index (χ3n) is 5.17. The van der Waals surface area contributed by atoms with Crippen LogP contribution in [0.4, 0.5) is 4.79 Å². The number of amides is 1. The number of carbonyl (C=O) groups excluding carboxylic acids is 3. The van der Waals surface area contributed by atoms with Gasteiger partial charge in [0.05, 0.1) is 19.3 Å². The van der Waals surface area contributed by atoms with Crippen molar-refractivity contribution in [2.75, 3.05) is 19.8 Å². The molecule has 1 aromatic rings. The average Bonchev–Trinajstić information content (AvgIpc) is 3.37. The highest BCUT2D eigenvalue weighted by molar-refractivity contribution is 5.96. The molecular formula is C27H43N3O8. The molecule has 1 aromatic carbocycles. The summed E-state index contributed by atoms with van der Waals surface area (Å²) < 4.78 is 15.0. The average molecular weight is 538 g/mol. The third-order valence-corrected chi connectivity index (χ3v) is 5.17. The first kappa shape index (κ1) is 34.4. The lowest BCUT2D eigenvalue weighted by Gasteiger charge is -2.29. The molecule has 1 saturated carbocycles. The Morgan fingerprint density at radius 2 is 1.71 bits per heavy atom. The molecule has 0 bridgehead atoms. The Balaban J connectivity index is 0.00000326. The van der Waals surface area contributed by atoms with E-state index in [0.29, 0.717) is 12.8 Å². The van der Waals surface area contributed by atoms with Gasteiger partial charge >= 0.3 is 18.0 Å². The maximum Gasteiger partial charge on any atom is 0.408 e. The standard InChI is InChI=1S/C23H31N3O8.2C2H6/c1-3-31-19(28)12-18(20(29)32-4-2)34-26-21(24)23(11-10-17(13-23)14-27)25-22(30)33-15-16-8-6-5-7-9-16;2*1-2/h5-9,12,17,27H,3-4,10-11,13-15H2,1-2H3,(H2,24,26)(H,25,30);2*1-2H3/b18-12+;;. The first-order valence-electron chi connectivity index (χ1n) is 13.0. The first-order chi connectivity index (χ1) is 18.3. The number of nitrogens with two attached hydrogens (primary N) is 1. The molecule has 11 nitrogen and oxygen atoms in total. The Morgan fingerprint density at radius 1 is 1.08 bits per heavy atom. The van der Waals surface area contributed by atoms with Crippen molar-refractivity contribution in [1.82, 2.24) is 5.32 Å². The van der Waals surface area contributed by atoms with Crippen LogP contribution in [0.1, 0.15) is 66.4 Å². The molecule has 2 unspecified atom stereocenters. The lowest BCUT2D eigenvalue weighted by atomic mass is 9.95. The van der Waals surface area contributed by atoms with E-state index in [0.717, 1.165) is 11.6 Å². The zero-order valence-electron chi connectivity index (χ0n) is 23.3. The van der Waals surface area contributed by atoms with Crippen molar-refractivity contribution in [3.63, 3.8) is 0 Å². The van der Waals surface area contributed by atoms with E-state index in [1.807, 2.05) is 58.0 Å². The Morgan fingerprint density at radius 3 is 2.26 bits per heavy atom. The molecule has 0 saturated heterocycles. The predicted octanol–water partition coefficient (Wildman–Crippen LogP) is 3.80. The number of esters is 2. The van der Waals surface area contributed by atoms with Crippen LogP contribution in [0.25, 0.3) is 0 Å². The number of aliphatic hydroxyl groups excluding tert-OH is 1. The van der Waals surface area contributed by atoms with Crippen molar-refractivity contribution in [1.29, 1.82) is 0 Å². The molecule has 1 aliphatic carbocycles. The topological polar surface area (TPSA) is 159 Å². The minimum Gasteiger partial charge on any atom is -0.463 e. The molecule has 214 valence electrons. The Bertz CT molecular complexity index is 905. The monoisotopic (exact) mass is 537 g/mol. The van der Waals surface area contributed by atoms with Crippen LogP contribution in [-0.4, -0.2) is 54.3 Å². The van der Waals surface area contributed by atoms with Gasteiger partial charge in [0.2, 0.25) is 5.76 Å². The minimum atomic E-state index is -1.18. The van der Waals surface area contributed by atoms with E-state index in [1.165, 1.54) is 0 Å². The Kier molecular flexibility index (Phi) is 17.7. The van der Waals surface area contributed by atoms with E-state index in [9.17, 15) is 19.5 Å². The van der Waals surface area contributed by atoms with E-state index in [4.69, 9.17) is 24.8 Å². The summed E-state index contributed by atoms with van der Waals surface area (Å²) in [5.74, 6) is -2.57. The molecule has 0 spiro atoms. The normalized spacial score (nSPS) is 18.6. The maximum atomic E-state index is 12.5. The molecule has 2 rings (SSSR count). The summed E-state index contributed by atoms with van der Waals surface area (Å²) in [5.41, 5.74) is 5.81. The summed E-state index contributed by atoms with van der Waals surface area (Å²) in [6.45, 7) is 11.3. The van der Waals surface area contributed by atoms with E-state index in [-0.39, 0.29) is 44.6 Å². The number of rotatable bonds is 11. The predicted molar refractivity (Wildman–Crippen MR) is 144 cm³/mol. The molecule has 1 aliphatic rings. The van der Waals surface area contributed by atoms with E-state index in [1.54, 1.807) is 13.8 Å². The number of benzene rings is 1. The highest BCUT2D eigenvalue weighted by Gasteiger charge is 2.44. The van der Waals surface area contributed by atoms with E-state index >= 15 is 0 Å². The Labute approximate surface area is 225 Å². The van der Waals surface area contributed by atoms with Gasteiger partial charge in [0.25, 0.3) is 0 Å². The van der Waals surface area contributed by atoms with Crippen molar-refractivity contribution >= 4 is 23.9 Å². The van der Waals surface area contributed by atoms with Crippen LogP contribution in [0.5, 0.6) is 0 Å². The molecule has 1 fully saturated rings. The van der Waals surface area contributed by atoms with Crippen LogP contribution < -0.4 is 11.1 Å². The molecule has 0 aliphatic heterocycles. The molecule has 2 atom stereocenters. The van der Waals surface area contributed by atoms with Gasteiger partial charge in [-0.1, -0.05) is 63.2 Å². The van der Waals surface area contributed by atoms with Crippen molar-refractivity contribution in [3.05, 3.63) is 47.7 Å². The number of nitrogens with zero attached hydrogens (tertiary/aromatic N) is 1. The smallest absolute Gasteiger partial charge is 0.408 e. The number of ether oxygens (including phenoxy) is 3. The zero-order valence-corrected chi connectivity index (χ0v) is 23.3. The SMILES string of the molecule is CC.CC.CCOC(=O)/C=C(/O/N=C(\N)C1(NC(=O)OCc2ccccc2)CCC(CO)C1)C(=O)OCC. The van der Waals surface area contributed by atoms with E-state index in [2.05, 4.69) is 10.5 Å². The van der Waals surface area contributed by atoms with Gasteiger partial charge in [-0.25, -0.2) is 14.4 Å². The lowest BCUT2D eigenvalue weighted by Crippen LogP contribution is -2.56. The second-order valence-corrected chi connectivity index (χ2v) is 7.61. The highest BCUT2D eigenvalue weighted by atomic mass is 16.7. The van der Waals surface area contributed by atoms with E-state index < -0.39 is 29.3 Å². The zero-order chi connectivity index (χ0) is 29.0. The van der Waals surface area contributed by atoms with Crippen molar-refractivity contribution in [3.8, 4) is 0 Å². The minimum absolute atomic E-state index is 0.0402. The molecule has 0 aromatic heterocycles. The number of alkyl carbamates (subject to hydrolysis) is 1. The van der Waals surface area contributed by atoms with Crippen LogP contribution in [0.2, 0.25) is 0 Å². The molecule has 38 heavy (non-hydrogen) atoms. The first-order valence-corrected chi connectivity index (χ1v) is 13.0. The largest absolute Gasteiger partial charge is 0.463 e. The van der Waals surface area contributed by atoms with Gasteiger partial charge in [-0.05, 0) is 44.6 Å². The van der Waals surface area contributed by atoms with Gasteiger partial charge in [0.15, 0.2) is 5.84 Å². The van der Waals surface area contributed by atoms with Gasteiger partial charge in [-0.3, -0.25) is 0 Å². The van der Waals surface area contributed by atoms with Crippen LogP contribution in [0.15, 0.2) is 47.3 Å². The Hall–Kier alpha value is -3.60. The van der Waals surface area contributed by atoms with Gasteiger partial charge in [0, 0.05) is 6.61 Å². The maximum absolute atomic E-state index is 12.5. The lowest BCUT2D eigenvalue weighted by molar-refractivity contribution is -0.144. The number of hydrogen-bond acceptors (Lipinski definition) is 9.